The zero-order valence-corrected chi connectivity index (χ0v) is 11.0. The Balaban J connectivity index is 0.000000147. The van der Waals surface area contributed by atoms with E-state index in [0.717, 1.165) is 17.4 Å². The molecule has 20 heavy (non-hydrogen) atoms. The minimum atomic E-state index is 0.771. The number of pyridine rings is 1. The van der Waals surface area contributed by atoms with Crippen molar-refractivity contribution in [1.82, 2.24) is 4.98 Å². The van der Waals surface area contributed by atoms with Gasteiger partial charge in [-0.05, 0) is 23.8 Å². The number of benzene rings is 2. The molecule has 0 aliphatic carbocycles. The number of nitrogens with zero attached hydrogens (tertiary/aromatic N) is 1. The van der Waals surface area contributed by atoms with E-state index in [1.165, 1.54) is 11.5 Å². The summed E-state index contributed by atoms with van der Waals surface area (Å²) >= 11 is 0. The summed E-state index contributed by atoms with van der Waals surface area (Å²) in [6.45, 7) is 0. The first-order valence-electron chi connectivity index (χ1n) is 6.37. The lowest BCUT2D eigenvalue weighted by Gasteiger charge is -1.91. The summed E-state index contributed by atoms with van der Waals surface area (Å²) in [7, 11) is 0. The Kier molecular flexibility index (Phi) is 5.23. The highest BCUT2D eigenvalue weighted by molar-refractivity contribution is 5.77. The molecule has 0 fully saturated rings. The van der Waals surface area contributed by atoms with E-state index in [1.54, 1.807) is 6.08 Å². The zero-order chi connectivity index (χ0) is 14.0. The second-order valence-corrected chi connectivity index (χ2v) is 4.10. The van der Waals surface area contributed by atoms with Gasteiger partial charge in [0.25, 0.3) is 0 Å². The largest absolute Gasteiger partial charge is 0.299 e. The molecule has 0 N–H and O–H groups in total. The molecule has 1 heterocycles. The third-order valence-electron chi connectivity index (χ3n) is 2.68. The minimum absolute atomic E-state index is 0.771. The molecule has 2 nitrogen and oxygen atoms in total. The molecule has 0 saturated heterocycles. The SMILES string of the molecule is O=CC=Cc1ccccc1.c1ccc2ncccc2c1. The number of hydrogen-bond donors (Lipinski definition) is 0. The summed E-state index contributed by atoms with van der Waals surface area (Å²) in [4.78, 5) is 14.1. The van der Waals surface area contributed by atoms with Gasteiger partial charge in [-0.1, -0.05) is 60.7 Å². The van der Waals surface area contributed by atoms with E-state index < -0.39 is 0 Å². The topological polar surface area (TPSA) is 30.0 Å². The Morgan fingerprint density at radius 3 is 2.25 bits per heavy atom. The van der Waals surface area contributed by atoms with Gasteiger partial charge in [0, 0.05) is 11.6 Å². The van der Waals surface area contributed by atoms with Crippen molar-refractivity contribution in [3.8, 4) is 0 Å². The number of carbonyl (C=O) groups excluding carboxylic acids is 1. The van der Waals surface area contributed by atoms with Crippen LogP contribution in [0.2, 0.25) is 0 Å². The van der Waals surface area contributed by atoms with E-state index in [1.807, 2.05) is 60.8 Å². The van der Waals surface area contributed by atoms with Crippen molar-refractivity contribution in [3.05, 3.63) is 84.6 Å². The predicted molar refractivity (Wildman–Crippen MR) is 83.3 cm³/mol. The van der Waals surface area contributed by atoms with Gasteiger partial charge >= 0.3 is 0 Å². The monoisotopic (exact) mass is 261 g/mol. The molecule has 0 radical (unpaired) electrons. The molecule has 0 saturated carbocycles. The van der Waals surface area contributed by atoms with E-state index in [-0.39, 0.29) is 0 Å². The highest BCUT2D eigenvalue weighted by Crippen LogP contribution is 2.07. The summed E-state index contributed by atoms with van der Waals surface area (Å²) in [6.07, 6.45) is 5.83. The van der Waals surface area contributed by atoms with Gasteiger partial charge in [0.05, 0.1) is 5.52 Å². The van der Waals surface area contributed by atoms with E-state index in [2.05, 4.69) is 17.1 Å². The standard InChI is InChI=1S/C9H7N.C9H8O/c1-2-6-9-8(4-1)5-3-7-10-9;10-8-4-7-9-5-2-1-3-6-9/h1-7H;1-8H. The van der Waals surface area contributed by atoms with Crippen molar-refractivity contribution in [2.45, 2.75) is 0 Å². The number of hydrogen-bond acceptors (Lipinski definition) is 2. The van der Waals surface area contributed by atoms with Crippen molar-refractivity contribution in [2.24, 2.45) is 0 Å². The Morgan fingerprint density at radius 1 is 0.800 bits per heavy atom. The summed E-state index contributed by atoms with van der Waals surface area (Å²) in [5.74, 6) is 0. The molecule has 2 aromatic carbocycles. The molecule has 3 rings (SSSR count). The number of carbonyl (C=O) groups is 1. The molecule has 0 spiro atoms. The molecule has 0 aliphatic heterocycles. The van der Waals surface area contributed by atoms with Crippen LogP contribution in [0.1, 0.15) is 5.56 Å². The number of allylic oxidation sites excluding steroid dienone is 1. The van der Waals surface area contributed by atoms with E-state index >= 15 is 0 Å². The average molecular weight is 261 g/mol. The molecule has 1 aromatic heterocycles. The number of para-hydroxylation sites is 1. The van der Waals surface area contributed by atoms with Gasteiger partial charge in [-0.3, -0.25) is 9.78 Å². The maximum Gasteiger partial charge on any atom is 0.142 e. The second kappa shape index (κ2) is 7.64. The van der Waals surface area contributed by atoms with Gasteiger partial charge in [-0.2, -0.15) is 0 Å². The molecule has 0 amide bonds. The zero-order valence-electron chi connectivity index (χ0n) is 11.0. The number of aldehydes is 1. The van der Waals surface area contributed by atoms with Crippen LogP contribution in [0.4, 0.5) is 0 Å². The van der Waals surface area contributed by atoms with Crippen LogP contribution in [0.3, 0.4) is 0 Å². The fourth-order valence-electron chi connectivity index (χ4n) is 1.73. The van der Waals surface area contributed by atoms with Crippen molar-refractivity contribution in [2.75, 3.05) is 0 Å². The van der Waals surface area contributed by atoms with Gasteiger partial charge in [0.15, 0.2) is 0 Å². The molecule has 3 aromatic rings. The van der Waals surface area contributed by atoms with E-state index in [4.69, 9.17) is 0 Å². The number of rotatable bonds is 2. The molecule has 0 atom stereocenters. The van der Waals surface area contributed by atoms with Gasteiger partial charge < -0.3 is 0 Å². The number of fused-ring (bicyclic) bond motifs is 1. The lowest BCUT2D eigenvalue weighted by molar-refractivity contribution is -0.104. The summed E-state index contributed by atoms with van der Waals surface area (Å²) in [5.41, 5.74) is 2.11. The number of aromatic nitrogens is 1. The Labute approximate surface area is 118 Å². The van der Waals surface area contributed by atoms with Crippen LogP contribution < -0.4 is 0 Å². The first-order valence-corrected chi connectivity index (χ1v) is 6.37. The first-order chi connectivity index (χ1) is 9.90. The minimum Gasteiger partial charge on any atom is -0.299 e. The van der Waals surface area contributed by atoms with E-state index in [9.17, 15) is 4.79 Å². The molecule has 2 heteroatoms. The lowest BCUT2D eigenvalue weighted by atomic mass is 10.2. The Morgan fingerprint density at radius 2 is 1.50 bits per heavy atom. The Hall–Kier alpha value is -2.74. The predicted octanol–water partition coefficient (Wildman–Crippen LogP) is 4.13. The fourth-order valence-corrected chi connectivity index (χ4v) is 1.73. The van der Waals surface area contributed by atoms with E-state index in [0.29, 0.717) is 0 Å². The third kappa shape index (κ3) is 4.18. The van der Waals surface area contributed by atoms with Gasteiger partial charge in [-0.15, -0.1) is 0 Å². The van der Waals surface area contributed by atoms with Gasteiger partial charge in [-0.25, -0.2) is 0 Å². The molecular formula is C18H15NO. The molecular weight excluding hydrogens is 246 g/mol. The van der Waals surface area contributed by atoms with Crippen LogP contribution in [0, 0.1) is 0 Å². The summed E-state index contributed by atoms with van der Waals surface area (Å²) in [6, 6.07) is 21.8. The molecule has 0 aliphatic rings. The van der Waals surface area contributed by atoms with Crippen molar-refractivity contribution in [3.63, 3.8) is 0 Å². The maximum absolute atomic E-state index is 9.89. The van der Waals surface area contributed by atoms with Gasteiger partial charge in [0.2, 0.25) is 0 Å². The highest BCUT2D eigenvalue weighted by atomic mass is 16.1. The smallest absolute Gasteiger partial charge is 0.142 e. The average Bonchev–Trinajstić information content (AvgIpc) is 2.55. The molecule has 0 bridgehead atoms. The Bertz CT molecular complexity index is 624. The van der Waals surface area contributed by atoms with Crippen LogP contribution in [-0.4, -0.2) is 11.3 Å². The van der Waals surface area contributed by atoms with Crippen LogP contribution in [-0.2, 0) is 4.79 Å². The van der Waals surface area contributed by atoms with Crippen molar-refractivity contribution >= 4 is 23.3 Å². The van der Waals surface area contributed by atoms with Crippen molar-refractivity contribution in [1.29, 1.82) is 0 Å². The van der Waals surface area contributed by atoms with Crippen LogP contribution in [0.5, 0.6) is 0 Å². The first kappa shape index (κ1) is 13.7. The van der Waals surface area contributed by atoms with Gasteiger partial charge in [0.1, 0.15) is 6.29 Å². The van der Waals surface area contributed by atoms with Crippen molar-refractivity contribution < 1.29 is 4.79 Å². The lowest BCUT2D eigenvalue weighted by Crippen LogP contribution is -1.73. The third-order valence-corrected chi connectivity index (χ3v) is 2.68. The van der Waals surface area contributed by atoms with Crippen LogP contribution >= 0.6 is 0 Å². The highest BCUT2D eigenvalue weighted by Gasteiger charge is 1.86. The second-order valence-electron chi connectivity index (χ2n) is 4.10. The quantitative estimate of drug-likeness (QED) is 0.512. The fraction of sp³-hybridized carbons (Fsp3) is 0. The maximum atomic E-state index is 9.89. The van der Waals surface area contributed by atoms with Crippen LogP contribution in [0.25, 0.3) is 17.0 Å². The normalized spacial score (nSPS) is 10.0. The van der Waals surface area contributed by atoms with Crippen LogP contribution in [0.15, 0.2) is 79.0 Å². The molecule has 98 valence electrons. The molecule has 0 unspecified atom stereocenters. The summed E-state index contributed by atoms with van der Waals surface area (Å²) < 4.78 is 0. The summed E-state index contributed by atoms with van der Waals surface area (Å²) in [5, 5.41) is 1.20.